The molecule has 1 unspecified atom stereocenters. The number of rotatable bonds is 5. The Morgan fingerprint density at radius 2 is 1.85 bits per heavy atom. The molecule has 1 fully saturated rings. The Morgan fingerprint density at radius 1 is 1.23 bits per heavy atom. The highest BCUT2D eigenvalue weighted by Crippen LogP contribution is 2.24. The lowest BCUT2D eigenvalue weighted by Gasteiger charge is -2.35. The van der Waals surface area contributed by atoms with E-state index < -0.39 is 24.7 Å². The van der Waals surface area contributed by atoms with E-state index in [0.717, 1.165) is 0 Å². The van der Waals surface area contributed by atoms with Crippen molar-refractivity contribution in [2.45, 2.75) is 12.2 Å². The molecule has 1 heterocycles. The Balaban J connectivity index is 2.06. The van der Waals surface area contributed by atoms with Crippen molar-refractivity contribution in [3.8, 4) is 0 Å². The van der Waals surface area contributed by atoms with Crippen LogP contribution < -0.4 is 10.6 Å². The van der Waals surface area contributed by atoms with Gasteiger partial charge < -0.3 is 15.5 Å². The van der Waals surface area contributed by atoms with Gasteiger partial charge in [-0.25, -0.2) is 0 Å². The van der Waals surface area contributed by atoms with Gasteiger partial charge in [0.25, 0.3) is 11.8 Å². The van der Waals surface area contributed by atoms with E-state index in [0.29, 0.717) is 18.7 Å². The Hall–Kier alpha value is -2.13. The molecule has 6 nitrogen and oxygen atoms in total. The molecule has 1 saturated heterocycles. The summed E-state index contributed by atoms with van der Waals surface area (Å²) >= 11 is 0. The fourth-order valence-electron chi connectivity index (χ4n) is 2.79. The van der Waals surface area contributed by atoms with E-state index in [9.17, 15) is 22.8 Å². The quantitative estimate of drug-likeness (QED) is 0.808. The van der Waals surface area contributed by atoms with Gasteiger partial charge in [0.2, 0.25) is 0 Å². The van der Waals surface area contributed by atoms with Crippen LogP contribution in [0.1, 0.15) is 20.7 Å². The summed E-state index contributed by atoms with van der Waals surface area (Å²) in [5.74, 6) is -0.920. The first-order valence-corrected chi connectivity index (χ1v) is 8.31. The molecule has 9 heteroatoms. The number of amides is 2. The molecule has 0 spiro atoms. The number of piperazine rings is 1. The van der Waals surface area contributed by atoms with Crippen molar-refractivity contribution in [3.63, 3.8) is 0 Å². The number of hydrogen-bond donors (Lipinski definition) is 2. The zero-order valence-corrected chi connectivity index (χ0v) is 14.8. The summed E-state index contributed by atoms with van der Waals surface area (Å²) in [7, 11) is 3.16. The molecule has 0 aromatic heterocycles. The van der Waals surface area contributed by atoms with Crippen LogP contribution in [0.4, 0.5) is 13.2 Å². The lowest BCUT2D eigenvalue weighted by molar-refractivity contribution is -0.183. The second-order valence-electron chi connectivity index (χ2n) is 6.33. The van der Waals surface area contributed by atoms with E-state index >= 15 is 0 Å². The lowest BCUT2D eigenvalue weighted by Crippen LogP contribution is -2.57. The smallest absolute Gasteiger partial charge is 0.350 e. The highest BCUT2D eigenvalue weighted by Gasteiger charge is 2.43. The molecule has 2 amide bonds. The lowest BCUT2D eigenvalue weighted by atomic mass is 10.1. The van der Waals surface area contributed by atoms with Gasteiger partial charge in [-0.05, 0) is 18.2 Å². The topological polar surface area (TPSA) is 64.7 Å². The number of nitrogens with zero attached hydrogens (tertiary/aromatic N) is 2. The molecule has 144 valence electrons. The van der Waals surface area contributed by atoms with Gasteiger partial charge in [0.1, 0.15) is 6.04 Å². The number of carbonyl (C=O) groups excluding carboxylic acids is 2. The van der Waals surface area contributed by atoms with Crippen molar-refractivity contribution in [2.75, 3.05) is 46.8 Å². The average molecular weight is 372 g/mol. The number of alkyl halides is 3. The number of carbonyl (C=O) groups is 2. The normalized spacial score (nSPS) is 16.8. The minimum Gasteiger partial charge on any atom is -0.350 e. The number of halogens is 3. The van der Waals surface area contributed by atoms with Crippen LogP contribution in [-0.4, -0.2) is 80.7 Å². The van der Waals surface area contributed by atoms with Crippen LogP contribution in [0.2, 0.25) is 0 Å². The molecule has 1 aliphatic rings. The van der Waals surface area contributed by atoms with E-state index in [1.165, 1.54) is 28.0 Å². The SMILES string of the molecule is CN(C)C(=O)c1cccc(C(=O)NCC(N2CCNCC2)C(F)(F)F)c1. The summed E-state index contributed by atoms with van der Waals surface area (Å²) in [5.41, 5.74) is 0.455. The maximum absolute atomic E-state index is 13.4. The predicted molar refractivity (Wildman–Crippen MR) is 91.1 cm³/mol. The van der Waals surface area contributed by atoms with Crippen LogP contribution in [0.25, 0.3) is 0 Å². The molecule has 0 radical (unpaired) electrons. The molecule has 2 rings (SSSR count). The second kappa shape index (κ2) is 8.50. The third kappa shape index (κ3) is 5.18. The number of benzene rings is 1. The van der Waals surface area contributed by atoms with Gasteiger partial charge in [-0.1, -0.05) is 6.07 Å². The summed E-state index contributed by atoms with van der Waals surface area (Å²) in [6.07, 6.45) is -4.44. The van der Waals surface area contributed by atoms with Crippen LogP contribution in [-0.2, 0) is 0 Å². The van der Waals surface area contributed by atoms with E-state index in [4.69, 9.17) is 0 Å². The van der Waals surface area contributed by atoms with Crippen LogP contribution in [0.5, 0.6) is 0 Å². The summed E-state index contributed by atoms with van der Waals surface area (Å²) in [6, 6.07) is 4.20. The van der Waals surface area contributed by atoms with Crippen LogP contribution in [0.15, 0.2) is 24.3 Å². The van der Waals surface area contributed by atoms with Crippen molar-refractivity contribution < 1.29 is 22.8 Å². The van der Waals surface area contributed by atoms with Crippen LogP contribution in [0, 0.1) is 0 Å². The van der Waals surface area contributed by atoms with Gasteiger partial charge in [0.15, 0.2) is 0 Å². The third-order valence-electron chi connectivity index (χ3n) is 4.20. The monoisotopic (exact) mass is 372 g/mol. The number of nitrogens with one attached hydrogen (secondary N) is 2. The van der Waals surface area contributed by atoms with Crippen molar-refractivity contribution in [3.05, 3.63) is 35.4 Å². The van der Waals surface area contributed by atoms with Gasteiger partial charge in [0.05, 0.1) is 0 Å². The van der Waals surface area contributed by atoms with Gasteiger partial charge in [-0.3, -0.25) is 14.5 Å². The van der Waals surface area contributed by atoms with Crippen LogP contribution >= 0.6 is 0 Å². The summed E-state index contributed by atoms with van der Waals surface area (Å²) < 4.78 is 40.1. The van der Waals surface area contributed by atoms with Crippen LogP contribution in [0.3, 0.4) is 0 Å². The van der Waals surface area contributed by atoms with Gasteiger partial charge in [-0.2, -0.15) is 13.2 Å². The molecule has 0 aliphatic carbocycles. The first-order chi connectivity index (χ1) is 12.2. The standard InChI is InChI=1S/C17H23F3N4O2/c1-23(2)16(26)13-5-3-4-12(10-13)15(25)22-11-14(17(18,19)20)24-8-6-21-7-9-24/h3-5,10,14,21H,6-9,11H2,1-2H3,(H,22,25). The van der Waals surface area contributed by atoms with Crippen molar-refractivity contribution in [2.24, 2.45) is 0 Å². The molecule has 1 atom stereocenters. The molecule has 0 saturated carbocycles. The highest BCUT2D eigenvalue weighted by atomic mass is 19.4. The van der Waals surface area contributed by atoms with Crippen molar-refractivity contribution >= 4 is 11.8 Å². The predicted octanol–water partition coefficient (Wildman–Crippen LogP) is 0.954. The highest BCUT2D eigenvalue weighted by molar-refractivity contribution is 5.99. The molecule has 26 heavy (non-hydrogen) atoms. The molecule has 1 aromatic carbocycles. The Bertz CT molecular complexity index is 643. The molecule has 1 aromatic rings. The largest absolute Gasteiger partial charge is 0.405 e. The zero-order chi connectivity index (χ0) is 19.3. The molecule has 2 N–H and O–H groups in total. The molecule has 1 aliphatic heterocycles. The Morgan fingerprint density at radius 3 is 2.42 bits per heavy atom. The first-order valence-electron chi connectivity index (χ1n) is 8.31. The van der Waals surface area contributed by atoms with E-state index in [2.05, 4.69) is 10.6 Å². The first kappa shape index (κ1) is 20.2. The fraction of sp³-hybridized carbons (Fsp3) is 0.529. The van der Waals surface area contributed by atoms with E-state index in [-0.39, 0.29) is 24.6 Å². The Labute approximate surface area is 150 Å². The second-order valence-corrected chi connectivity index (χ2v) is 6.33. The third-order valence-corrected chi connectivity index (χ3v) is 4.20. The van der Waals surface area contributed by atoms with Gasteiger partial charge >= 0.3 is 6.18 Å². The average Bonchev–Trinajstić information content (AvgIpc) is 2.61. The van der Waals surface area contributed by atoms with Crippen molar-refractivity contribution in [1.29, 1.82) is 0 Å². The summed E-state index contributed by atoms with van der Waals surface area (Å²) in [4.78, 5) is 26.9. The van der Waals surface area contributed by atoms with Gasteiger partial charge in [0, 0.05) is 57.9 Å². The Kier molecular flexibility index (Phi) is 6.60. The maximum atomic E-state index is 13.4. The number of hydrogen-bond acceptors (Lipinski definition) is 4. The van der Waals surface area contributed by atoms with Crippen molar-refractivity contribution in [1.82, 2.24) is 20.4 Å². The van der Waals surface area contributed by atoms with E-state index in [1.807, 2.05) is 0 Å². The van der Waals surface area contributed by atoms with Gasteiger partial charge in [-0.15, -0.1) is 0 Å². The molecule has 0 bridgehead atoms. The summed E-state index contributed by atoms with van der Waals surface area (Å²) in [5, 5.41) is 5.36. The summed E-state index contributed by atoms with van der Waals surface area (Å²) in [6.45, 7) is 0.971. The van der Waals surface area contributed by atoms with E-state index in [1.54, 1.807) is 20.2 Å². The molecular weight excluding hydrogens is 349 g/mol. The minimum atomic E-state index is -4.44. The fourth-order valence-corrected chi connectivity index (χ4v) is 2.79. The molecular formula is C17H23F3N4O2. The maximum Gasteiger partial charge on any atom is 0.405 e. The minimum absolute atomic E-state index is 0.152. The zero-order valence-electron chi connectivity index (χ0n) is 14.8.